The Bertz CT molecular complexity index is 167. The van der Waals surface area contributed by atoms with Crippen LogP contribution in [0.5, 0.6) is 0 Å². The highest BCUT2D eigenvalue weighted by Crippen LogP contribution is 2.35. The molecule has 0 radical (unpaired) electrons. The largest absolute Gasteiger partial charge is 0.378 e. The van der Waals surface area contributed by atoms with E-state index >= 15 is 0 Å². The SMILES string of the molecule is CCC(C)C1CC(NC2COC2)C1.[HH]. The summed E-state index contributed by atoms with van der Waals surface area (Å²) in [6.07, 6.45) is 4.13. The van der Waals surface area contributed by atoms with Crippen molar-refractivity contribution in [2.45, 2.75) is 45.2 Å². The zero-order valence-corrected chi connectivity index (χ0v) is 8.75. The quantitative estimate of drug-likeness (QED) is 0.723. The number of hydrogen-bond donors (Lipinski definition) is 1. The van der Waals surface area contributed by atoms with E-state index in [9.17, 15) is 0 Å². The second kappa shape index (κ2) is 3.97. The number of hydrogen-bond acceptors (Lipinski definition) is 2. The van der Waals surface area contributed by atoms with Gasteiger partial charge in [0.25, 0.3) is 0 Å². The highest BCUT2D eigenvalue weighted by Gasteiger charge is 2.34. The molecule has 1 atom stereocenters. The standard InChI is InChI=1S/C11H21NO.H2/c1-3-8(2)9-4-10(5-9)12-11-6-13-7-11;/h8-12H,3-7H2,1-2H3;1H. The summed E-state index contributed by atoms with van der Waals surface area (Å²) >= 11 is 0. The predicted molar refractivity (Wildman–Crippen MR) is 55.8 cm³/mol. The van der Waals surface area contributed by atoms with Crippen LogP contribution < -0.4 is 5.32 Å². The van der Waals surface area contributed by atoms with Crippen LogP contribution in [-0.2, 0) is 4.74 Å². The van der Waals surface area contributed by atoms with Gasteiger partial charge in [0.2, 0.25) is 0 Å². The molecule has 2 rings (SSSR count). The molecule has 2 heteroatoms. The third-order valence-electron chi connectivity index (χ3n) is 3.73. The molecule has 2 fully saturated rings. The lowest BCUT2D eigenvalue weighted by atomic mass is 9.72. The van der Waals surface area contributed by atoms with Crippen LogP contribution in [0.2, 0.25) is 0 Å². The van der Waals surface area contributed by atoms with Gasteiger partial charge < -0.3 is 10.1 Å². The third kappa shape index (κ3) is 2.05. The molecule has 0 aromatic heterocycles. The van der Waals surface area contributed by atoms with E-state index in [2.05, 4.69) is 19.2 Å². The van der Waals surface area contributed by atoms with Crippen LogP contribution in [0.15, 0.2) is 0 Å². The monoisotopic (exact) mass is 185 g/mol. The fourth-order valence-electron chi connectivity index (χ4n) is 2.26. The molecule has 1 saturated carbocycles. The van der Waals surface area contributed by atoms with Gasteiger partial charge in [0.1, 0.15) is 0 Å². The van der Waals surface area contributed by atoms with E-state index in [1.807, 2.05) is 0 Å². The smallest absolute Gasteiger partial charge is 0.0643 e. The molecular weight excluding hydrogens is 162 g/mol. The van der Waals surface area contributed by atoms with Crippen molar-refractivity contribution in [3.63, 3.8) is 0 Å². The zero-order chi connectivity index (χ0) is 9.26. The lowest BCUT2D eigenvalue weighted by Crippen LogP contribution is -2.54. The second-order valence-corrected chi connectivity index (χ2v) is 4.71. The van der Waals surface area contributed by atoms with Crippen molar-refractivity contribution in [2.75, 3.05) is 13.2 Å². The molecule has 1 saturated heterocycles. The Morgan fingerprint density at radius 2 is 2.08 bits per heavy atom. The molecule has 2 nitrogen and oxygen atoms in total. The highest BCUT2D eigenvalue weighted by atomic mass is 16.5. The first kappa shape index (κ1) is 9.47. The minimum absolute atomic E-state index is 0. The minimum atomic E-state index is 0. The average Bonchev–Trinajstić information content (AvgIpc) is 1.97. The Labute approximate surface area is 82.5 Å². The molecule has 13 heavy (non-hydrogen) atoms. The van der Waals surface area contributed by atoms with E-state index in [4.69, 9.17) is 4.74 Å². The minimum Gasteiger partial charge on any atom is -0.378 e. The molecule has 0 aromatic rings. The lowest BCUT2D eigenvalue weighted by Gasteiger charge is -2.43. The van der Waals surface area contributed by atoms with Crippen molar-refractivity contribution in [1.29, 1.82) is 0 Å². The maximum Gasteiger partial charge on any atom is 0.0643 e. The first-order chi connectivity index (χ1) is 6.29. The van der Waals surface area contributed by atoms with E-state index < -0.39 is 0 Å². The van der Waals surface area contributed by atoms with Crippen molar-refractivity contribution in [2.24, 2.45) is 11.8 Å². The third-order valence-corrected chi connectivity index (χ3v) is 3.73. The van der Waals surface area contributed by atoms with E-state index in [1.54, 1.807) is 0 Å². The summed E-state index contributed by atoms with van der Waals surface area (Å²) in [5.41, 5.74) is 0. The molecule has 0 bridgehead atoms. The molecule has 1 aliphatic carbocycles. The van der Waals surface area contributed by atoms with Gasteiger partial charge in [0.15, 0.2) is 0 Å². The zero-order valence-electron chi connectivity index (χ0n) is 8.75. The summed E-state index contributed by atoms with van der Waals surface area (Å²) in [6, 6.07) is 1.47. The van der Waals surface area contributed by atoms with E-state index in [1.165, 1.54) is 19.3 Å². The van der Waals surface area contributed by atoms with Gasteiger partial charge in [0, 0.05) is 7.47 Å². The summed E-state index contributed by atoms with van der Waals surface area (Å²) in [5, 5.41) is 3.64. The molecule has 1 unspecified atom stereocenters. The number of ether oxygens (including phenoxy) is 1. The maximum atomic E-state index is 5.14. The molecule has 78 valence electrons. The Kier molecular flexibility index (Phi) is 2.89. The summed E-state index contributed by atoms with van der Waals surface area (Å²) < 4.78 is 5.14. The van der Waals surface area contributed by atoms with Gasteiger partial charge >= 0.3 is 0 Å². The normalized spacial score (nSPS) is 36.5. The van der Waals surface area contributed by atoms with Crippen molar-refractivity contribution >= 4 is 0 Å². The van der Waals surface area contributed by atoms with Gasteiger partial charge in [-0.2, -0.15) is 0 Å². The fraction of sp³-hybridized carbons (Fsp3) is 1.00. The topological polar surface area (TPSA) is 21.3 Å². The number of rotatable bonds is 4. The lowest BCUT2D eigenvalue weighted by molar-refractivity contribution is -0.0209. The van der Waals surface area contributed by atoms with Crippen LogP contribution in [0.3, 0.4) is 0 Å². The van der Waals surface area contributed by atoms with E-state index in [-0.39, 0.29) is 1.43 Å². The first-order valence-corrected chi connectivity index (χ1v) is 5.63. The molecule has 0 spiro atoms. The summed E-state index contributed by atoms with van der Waals surface area (Å²) in [4.78, 5) is 0. The van der Waals surface area contributed by atoms with Crippen molar-refractivity contribution in [3.05, 3.63) is 0 Å². The second-order valence-electron chi connectivity index (χ2n) is 4.71. The van der Waals surface area contributed by atoms with Crippen LogP contribution in [-0.4, -0.2) is 25.3 Å². The van der Waals surface area contributed by atoms with Crippen LogP contribution in [0.1, 0.15) is 34.5 Å². The average molecular weight is 185 g/mol. The van der Waals surface area contributed by atoms with Crippen LogP contribution in [0.4, 0.5) is 0 Å². The number of nitrogens with one attached hydrogen (secondary N) is 1. The van der Waals surface area contributed by atoms with Gasteiger partial charge in [-0.15, -0.1) is 0 Å². The van der Waals surface area contributed by atoms with Crippen molar-refractivity contribution in [3.8, 4) is 0 Å². The van der Waals surface area contributed by atoms with Gasteiger partial charge in [0.05, 0.1) is 19.3 Å². The Hall–Kier alpha value is -0.0800. The summed E-state index contributed by atoms with van der Waals surface area (Å²) in [6.45, 7) is 6.55. The maximum absolute atomic E-state index is 5.14. The van der Waals surface area contributed by atoms with E-state index in [0.717, 1.165) is 31.1 Å². The van der Waals surface area contributed by atoms with Gasteiger partial charge in [-0.25, -0.2) is 0 Å². The molecule has 0 aromatic carbocycles. The fourth-order valence-corrected chi connectivity index (χ4v) is 2.26. The van der Waals surface area contributed by atoms with Gasteiger partial charge in [-0.3, -0.25) is 0 Å². The summed E-state index contributed by atoms with van der Waals surface area (Å²) in [7, 11) is 0. The first-order valence-electron chi connectivity index (χ1n) is 5.63. The Morgan fingerprint density at radius 1 is 1.38 bits per heavy atom. The van der Waals surface area contributed by atoms with Gasteiger partial charge in [-0.1, -0.05) is 20.3 Å². The Balaban J connectivity index is 0.000000980. The van der Waals surface area contributed by atoms with Crippen LogP contribution in [0, 0.1) is 11.8 Å². The highest BCUT2D eigenvalue weighted by molar-refractivity contribution is 4.90. The molecule has 1 N–H and O–H groups in total. The molecule has 1 aliphatic heterocycles. The molecular formula is C11H23NO. The van der Waals surface area contributed by atoms with Crippen LogP contribution >= 0.6 is 0 Å². The van der Waals surface area contributed by atoms with Crippen molar-refractivity contribution in [1.82, 2.24) is 5.32 Å². The van der Waals surface area contributed by atoms with Crippen LogP contribution in [0.25, 0.3) is 0 Å². The molecule has 1 heterocycles. The van der Waals surface area contributed by atoms with Crippen molar-refractivity contribution < 1.29 is 6.16 Å². The predicted octanol–water partition coefficient (Wildman–Crippen LogP) is 2.05. The van der Waals surface area contributed by atoms with E-state index in [0.29, 0.717) is 6.04 Å². The molecule has 2 aliphatic rings. The van der Waals surface area contributed by atoms with Gasteiger partial charge in [-0.05, 0) is 24.7 Å². The Morgan fingerprint density at radius 3 is 2.54 bits per heavy atom. The molecule has 0 amide bonds. The summed E-state index contributed by atoms with van der Waals surface area (Å²) in [5.74, 6) is 1.92.